The van der Waals surface area contributed by atoms with Gasteiger partial charge in [0.25, 0.3) is 0 Å². The van der Waals surface area contributed by atoms with Crippen LogP contribution < -0.4 is 5.32 Å². The van der Waals surface area contributed by atoms with E-state index in [4.69, 9.17) is 11.6 Å². The molecule has 0 aliphatic rings. The van der Waals surface area contributed by atoms with Crippen LogP contribution in [0.2, 0.25) is 5.02 Å². The molecule has 1 N–H and O–H groups in total. The number of hydrogen-bond donors (Lipinski definition) is 1. The van der Waals surface area contributed by atoms with Gasteiger partial charge in [-0.2, -0.15) is 5.10 Å². The fraction of sp³-hybridized carbons (Fsp3) is 0.292. The highest BCUT2D eigenvalue weighted by Crippen LogP contribution is 2.28. The van der Waals surface area contributed by atoms with Gasteiger partial charge in [0.15, 0.2) is 0 Å². The highest BCUT2D eigenvalue weighted by atomic mass is 35.5. The van der Waals surface area contributed by atoms with E-state index in [0.29, 0.717) is 28.6 Å². The van der Waals surface area contributed by atoms with Crippen LogP contribution in [0.4, 0.5) is 5.82 Å². The van der Waals surface area contributed by atoms with E-state index in [9.17, 15) is 9.59 Å². The minimum Gasteiger partial charge on any atom is -0.331 e. The van der Waals surface area contributed by atoms with Crippen LogP contribution in [0.25, 0.3) is 16.9 Å². The maximum Gasteiger partial charge on any atom is 0.245 e. The summed E-state index contributed by atoms with van der Waals surface area (Å²) in [6, 6.07) is 18.8. The largest absolute Gasteiger partial charge is 0.331 e. The van der Waals surface area contributed by atoms with Crippen LogP contribution >= 0.6 is 11.6 Å². The van der Waals surface area contributed by atoms with Crippen LogP contribution in [0.3, 0.4) is 0 Å². The number of nitrogens with one attached hydrogen (secondary N) is 1. The summed E-state index contributed by atoms with van der Waals surface area (Å²) in [5.74, 6) is 0.173. The van der Waals surface area contributed by atoms with Crippen molar-refractivity contribution in [2.45, 2.75) is 39.7 Å². The van der Waals surface area contributed by atoms with Crippen LogP contribution in [0.1, 0.15) is 33.6 Å². The Morgan fingerprint density at radius 3 is 2.42 bits per heavy atom. The van der Waals surface area contributed by atoms with Crippen LogP contribution in [0.15, 0.2) is 60.7 Å². The van der Waals surface area contributed by atoms with Crippen molar-refractivity contribution in [1.82, 2.24) is 14.7 Å². The predicted octanol–water partition coefficient (Wildman–Crippen LogP) is 5.17. The van der Waals surface area contributed by atoms with E-state index in [0.717, 1.165) is 12.0 Å². The number of para-hydroxylation sites is 1. The third-order valence-corrected chi connectivity index (χ3v) is 5.17. The predicted molar refractivity (Wildman–Crippen MR) is 124 cm³/mol. The van der Waals surface area contributed by atoms with Gasteiger partial charge in [-0.1, -0.05) is 61.0 Å². The molecule has 6 nitrogen and oxygen atoms in total. The molecule has 0 spiro atoms. The van der Waals surface area contributed by atoms with Crippen LogP contribution in [-0.2, 0) is 9.59 Å². The summed E-state index contributed by atoms with van der Waals surface area (Å²) in [5, 5.41) is 8.11. The first kappa shape index (κ1) is 22.6. The summed E-state index contributed by atoms with van der Waals surface area (Å²) in [4.78, 5) is 26.9. The minimum absolute atomic E-state index is 0.0229. The molecule has 0 aliphatic carbocycles. The quantitative estimate of drug-likeness (QED) is 0.527. The van der Waals surface area contributed by atoms with Crippen molar-refractivity contribution in [3.63, 3.8) is 0 Å². The molecule has 31 heavy (non-hydrogen) atoms. The molecule has 2 amide bonds. The van der Waals surface area contributed by atoms with Crippen LogP contribution in [-0.4, -0.2) is 39.1 Å². The lowest BCUT2D eigenvalue weighted by atomic mass is 10.1. The van der Waals surface area contributed by atoms with Crippen molar-refractivity contribution in [3.05, 3.63) is 65.7 Å². The van der Waals surface area contributed by atoms with Crippen molar-refractivity contribution in [3.8, 4) is 16.9 Å². The van der Waals surface area contributed by atoms with Crippen molar-refractivity contribution in [2.24, 2.45) is 0 Å². The maximum atomic E-state index is 12.9. The standard InChI is InChI=1S/C24H27ClN4O2/c1-4-10-24(31)28(17(2)3)16-23(30)26-22-15-20(18-11-6-5-7-12-18)27-29(22)21-14-9-8-13-19(21)25/h5-9,11-15,17H,4,10,16H2,1-3H3,(H,26,30). The van der Waals surface area contributed by atoms with E-state index in [-0.39, 0.29) is 24.4 Å². The zero-order valence-corrected chi connectivity index (χ0v) is 18.8. The number of carbonyl (C=O) groups excluding carboxylic acids is 2. The second kappa shape index (κ2) is 10.3. The van der Waals surface area contributed by atoms with Gasteiger partial charge < -0.3 is 10.2 Å². The highest BCUT2D eigenvalue weighted by molar-refractivity contribution is 6.32. The monoisotopic (exact) mass is 438 g/mol. The SMILES string of the molecule is CCCC(=O)N(CC(=O)Nc1cc(-c2ccccc2)nn1-c1ccccc1Cl)C(C)C. The Labute approximate surface area is 187 Å². The summed E-state index contributed by atoms with van der Waals surface area (Å²) in [7, 11) is 0. The molecular weight excluding hydrogens is 412 g/mol. The number of benzene rings is 2. The van der Waals surface area contributed by atoms with Gasteiger partial charge in [-0.3, -0.25) is 9.59 Å². The molecule has 0 bridgehead atoms. The highest BCUT2D eigenvalue weighted by Gasteiger charge is 2.21. The number of amides is 2. The Morgan fingerprint density at radius 2 is 1.77 bits per heavy atom. The molecule has 1 heterocycles. The summed E-state index contributed by atoms with van der Waals surface area (Å²) in [5.41, 5.74) is 2.29. The first-order chi connectivity index (χ1) is 14.9. The fourth-order valence-electron chi connectivity index (χ4n) is 3.28. The van der Waals surface area contributed by atoms with Crippen LogP contribution in [0.5, 0.6) is 0 Å². The van der Waals surface area contributed by atoms with Crippen molar-refractivity contribution in [1.29, 1.82) is 0 Å². The molecule has 2 aromatic carbocycles. The first-order valence-corrected chi connectivity index (χ1v) is 10.8. The van der Waals surface area contributed by atoms with Gasteiger partial charge in [-0.25, -0.2) is 4.68 Å². The smallest absolute Gasteiger partial charge is 0.245 e. The number of halogens is 1. The second-order valence-electron chi connectivity index (χ2n) is 7.56. The molecular formula is C24H27ClN4O2. The molecule has 1 aromatic heterocycles. The lowest BCUT2D eigenvalue weighted by Crippen LogP contribution is -2.42. The third-order valence-electron chi connectivity index (χ3n) is 4.85. The number of carbonyl (C=O) groups is 2. The Kier molecular flexibility index (Phi) is 7.47. The van der Waals surface area contributed by atoms with E-state index in [1.165, 1.54) is 0 Å². The second-order valence-corrected chi connectivity index (χ2v) is 7.96. The van der Waals surface area contributed by atoms with Crippen LogP contribution in [0, 0.1) is 0 Å². The molecule has 0 saturated heterocycles. The molecule has 0 saturated carbocycles. The lowest BCUT2D eigenvalue weighted by Gasteiger charge is -2.26. The van der Waals surface area contributed by atoms with E-state index in [1.54, 1.807) is 15.6 Å². The van der Waals surface area contributed by atoms with Gasteiger partial charge in [-0.15, -0.1) is 0 Å². The normalized spacial score (nSPS) is 10.9. The maximum absolute atomic E-state index is 12.9. The summed E-state index contributed by atoms with van der Waals surface area (Å²) < 4.78 is 1.62. The summed E-state index contributed by atoms with van der Waals surface area (Å²) >= 11 is 6.40. The number of anilines is 1. The molecule has 3 aromatic rings. The average Bonchev–Trinajstić information content (AvgIpc) is 3.16. The molecule has 0 fully saturated rings. The summed E-state index contributed by atoms with van der Waals surface area (Å²) in [6.07, 6.45) is 1.16. The van der Waals surface area contributed by atoms with Crippen molar-refractivity contribution < 1.29 is 9.59 Å². The Morgan fingerprint density at radius 1 is 1.10 bits per heavy atom. The molecule has 7 heteroatoms. The van der Waals surface area contributed by atoms with Gasteiger partial charge >= 0.3 is 0 Å². The van der Waals surface area contributed by atoms with Gasteiger partial charge in [0.05, 0.1) is 16.4 Å². The number of hydrogen-bond acceptors (Lipinski definition) is 3. The van der Waals surface area contributed by atoms with Gasteiger partial charge in [-0.05, 0) is 32.4 Å². The van der Waals surface area contributed by atoms with E-state index < -0.39 is 0 Å². The molecule has 0 aliphatic heterocycles. The van der Waals surface area contributed by atoms with Crippen molar-refractivity contribution >= 4 is 29.2 Å². The van der Waals surface area contributed by atoms with E-state index >= 15 is 0 Å². The number of aromatic nitrogens is 2. The van der Waals surface area contributed by atoms with Gasteiger partial charge in [0.1, 0.15) is 12.4 Å². The molecule has 162 valence electrons. The first-order valence-electron chi connectivity index (χ1n) is 10.4. The Bertz CT molecular complexity index is 1050. The zero-order chi connectivity index (χ0) is 22.4. The number of rotatable bonds is 8. The zero-order valence-electron chi connectivity index (χ0n) is 18.0. The summed E-state index contributed by atoms with van der Waals surface area (Å²) in [6.45, 7) is 5.74. The van der Waals surface area contributed by atoms with Crippen molar-refractivity contribution in [2.75, 3.05) is 11.9 Å². The van der Waals surface area contributed by atoms with Gasteiger partial charge in [0, 0.05) is 24.1 Å². The lowest BCUT2D eigenvalue weighted by molar-refractivity contribution is -0.136. The Balaban J connectivity index is 1.92. The molecule has 0 atom stereocenters. The van der Waals surface area contributed by atoms with E-state index in [1.807, 2.05) is 75.4 Å². The van der Waals surface area contributed by atoms with Gasteiger partial charge in [0.2, 0.25) is 11.8 Å². The Hall–Kier alpha value is -3.12. The third kappa shape index (κ3) is 5.52. The number of nitrogens with zero attached hydrogens (tertiary/aromatic N) is 3. The van der Waals surface area contributed by atoms with E-state index in [2.05, 4.69) is 10.4 Å². The molecule has 0 radical (unpaired) electrons. The molecule has 3 rings (SSSR count). The fourth-order valence-corrected chi connectivity index (χ4v) is 3.50. The average molecular weight is 439 g/mol. The topological polar surface area (TPSA) is 67.2 Å². The minimum atomic E-state index is -0.286. The molecule has 0 unspecified atom stereocenters.